The van der Waals surface area contributed by atoms with Gasteiger partial charge in [0.25, 0.3) is 5.91 Å². The number of thiophene rings is 1. The van der Waals surface area contributed by atoms with Gasteiger partial charge in [0.1, 0.15) is 18.1 Å². The molecule has 2 aromatic heterocycles. The van der Waals surface area contributed by atoms with Crippen LogP contribution in [0.5, 0.6) is 0 Å². The number of hydrogen-bond acceptors (Lipinski definition) is 9. The molecule has 0 bridgehead atoms. The number of carbonyl (C=O) groups excluding carboxylic acids is 4. The van der Waals surface area contributed by atoms with Crippen LogP contribution in [0.25, 0.3) is 10.1 Å². The molecule has 4 fully saturated rings. The first-order valence-corrected chi connectivity index (χ1v) is 21.5. The lowest BCUT2D eigenvalue weighted by Crippen LogP contribution is -2.58. The summed E-state index contributed by atoms with van der Waals surface area (Å²) < 4.78 is 28.2. The fraction of sp³-hybridized carbons (Fsp3) is 0.553. The summed E-state index contributed by atoms with van der Waals surface area (Å²) in [5, 5.41) is 6.97. The first-order valence-electron chi connectivity index (χ1n) is 18.8. The average Bonchev–Trinajstić information content (AvgIpc) is 3.74. The van der Waals surface area contributed by atoms with Gasteiger partial charge in [-0.05, 0) is 86.2 Å². The van der Waals surface area contributed by atoms with Crippen molar-refractivity contribution in [1.29, 1.82) is 0 Å². The fourth-order valence-electron chi connectivity index (χ4n) is 8.00. The number of aromatic nitrogens is 1. The van der Waals surface area contributed by atoms with Crippen LogP contribution in [0.3, 0.4) is 0 Å². The fourth-order valence-corrected chi connectivity index (χ4v) is 11.6. The second-order valence-corrected chi connectivity index (χ2v) is 18.2. The summed E-state index contributed by atoms with van der Waals surface area (Å²) in [6, 6.07) is 9.55. The minimum Gasteiger partial charge on any atom is -0.465 e. The summed E-state index contributed by atoms with van der Waals surface area (Å²) in [6.45, 7) is 6.99. The van der Waals surface area contributed by atoms with Crippen molar-refractivity contribution in [2.75, 3.05) is 46.0 Å². The molecule has 7 rings (SSSR count). The van der Waals surface area contributed by atoms with Crippen molar-refractivity contribution >= 4 is 52.6 Å². The van der Waals surface area contributed by atoms with Gasteiger partial charge in [0, 0.05) is 55.2 Å². The third-order valence-corrected chi connectivity index (χ3v) is 14.9. The van der Waals surface area contributed by atoms with Crippen molar-refractivity contribution in [3.8, 4) is 0 Å². The Morgan fingerprint density at radius 3 is 2.66 bits per heavy atom. The van der Waals surface area contributed by atoms with E-state index in [9.17, 15) is 23.7 Å². The molecule has 284 valence electrons. The predicted molar refractivity (Wildman–Crippen MR) is 202 cm³/mol. The maximum absolute atomic E-state index is 14.6. The second-order valence-electron chi connectivity index (χ2n) is 14.6. The zero-order chi connectivity index (χ0) is 37.1. The normalized spacial score (nSPS) is 24.2. The Morgan fingerprint density at radius 2 is 1.91 bits per heavy atom. The lowest BCUT2D eigenvalue weighted by Gasteiger charge is -2.42. The van der Waals surface area contributed by atoms with Gasteiger partial charge in [-0.15, -0.1) is 11.3 Å². The highest BCUT2D eigenvalue weighted by molar-refractivity contribution is 7.58. The predicted octanol–water partition coefficient (Wildman–Crippen LogP) is 4.52. The Kier molecular flexibility index (Phi) is 11.6. The summed E-state index contributed by atoms with van der Waals surface area (Å²) in [5.41, 5.74) is 1.93. The summed E-state index contributed by atoms with van der Waals surface area (Å²) in [5.74, 6) is -0.695. The first kappa shape index (κ1) is 37.6. The van der Waals surface area contributed by atoms with Gasteiger partial charge in [0.2, 0.25) is 19.3 Å². The van der Waals surface area contributed by atoms with Crippen LogP contribution in [-0.4, -0.2) is 113 Å². The summed E-state index contributed by atoms with van der Waals surface area (Å²) in [4.78, 5) is 62.3. The van der Waals surface area contributed by atoms with Gasteiger partial charge in [-0.25, -0.2) is 9.76 Å². The Balaban J connectivity index is 1.01. The van der Waals surface area contributed by atoms with E-state index >= 15 is 0 Å². The van der Waals surface area contributed by atoms with Crippen LogP contribution in [0, 0.1) is 0 Å². The van der Waals surface area contributed by atoms with E-state index in [0.717, 1.165) is 40.5 Å². The summed E-state index contributed by atoms with van der Waals surface area (Å²) in [6.07, 6.45) is 8.02. The van der Waals surface area contributed by atoms with Crippen LogP contribution in [0.4, 0.5) is 0 Å². The number of esters is 1. The molecule has 0 radical (unpaired) electrons. The minimum absolute atomic E-state index is 0.00407. The number of morpholine rings is 1. The maximum Gasteiger partial charge on any atom is 0.323 e. The van der Waals surface area contributed by atoms with E-state index in [0.29, 0.717) is 70.1 Å². The number of rotatable bonds is 12. The first-order chi connectivity index (χ1) is 25.6. The van der Waals surface area contributed by atoms with Gasteiger partial charge in [0.15, 0.2) is 0 Å². The highest BCUT2D eigenvalue weighted by Gasteiger charge is 2.47. The molecule has 5 atom stereocenters. The number of amides is 3. The number of benzene rings is 1. The third-order valence-electron chi connectivity index (χ3n) is 10.9. The van der Waals surface area contributed by atoms with Crippen molar-refractivity contribution in [3.63, 3.8) is 0 Å². The largest absolute Gasteiger partial charge is 0.465 e. The molecule has 3 aromatic rings. The quantitative estimate of drug-likeness (QED) is 0.199. The Morgan fingerprint density at radius 1 is 1.09 bits per heavy atom. The van der Waals surface area contributed by atoms with Gasteiger partial charge in [-0.2, -0.15) is 0 Å². The molecular weight excluding hydrogens is 715 g/mol. The van der Waals surface area contributed by atoms with Gasteiger partial charge < -0.3 is 24.6 Å². The molecule has 6 heterocycles. The van der Waals surface area contributed by atoms with Crippen molar-refractivity contribution in [2.45, 2.75) is 88.6 Å². The molecule has 0 aliphatic carbocycles. The van der Waals surface area contributed by atoms with E-state index in [1.54, 1.807) is 18.0 Å². The number of ether oxygens (including phenoxy) is 2. The number of nitrogens with zero attached hydrogens (tertiary/aromatic N) is 4. The molecule has 15 heteroatoms. The van der Waals surface area contributed by atoms with E-state index in [1.165, 1.54) is 11.3 Å². The molecule has 2 N–H and O–H groups in total. The van der Waals surface area contributed by atoms with Gasteiger partial charge in [0.05, 0.1) is 30.9 Å². The van der Waals surface area contributed by atoms with E-state index in [1.807, 2.05) is 59.1 Å². The van der Waals surface area contributed by atoms with Gasteiger partial charge in [-0.3, -0.25) is 28.7 Å². The zero-order valence-corrected chi connectivity index (χ0v) is 32.1. The summed E-state index contributed by atoms with van der Waals surface area (Å²) >= 11 is 1.34. The maximum atomic E-state index is 14.6. The lowest BCUT2D eigenvalue weighted by molar-refractivity contribution is -0.148. The molecule has 4 aliphatic heterocycles. The number of hydrogen-bond donors (Lipinski definition) is 2. The van der Waals surface area contributed by atoms with Crippen molar-refractivity contribution in [2.24, 2.45) is 0 Å². The molecular formula is C38H49N6O7PS. The molecule has 13 nitrogen and oxygen atoms in total. The summed E-state index contributed by atoms with van der Waals surface area (Å²) in [7, 11) is -3.27. The zero-order valence-electron chi connectivity index (χ0n) is 30.4. The Hall–Kier alpha value is -3.68. The van der Waals surface area contributed by atoms with E-state index < -0.39 is 31.5 Å². The van der Waals surface area contributed by atoms with Crippen LogP contribution >= 0.6 is 18.8 Å². The van der Waals surface area contributed by atoms with Crippen LogP contribution in [0.15, 0.2) is 48.8 Å². The van der Waals surface area contributed by atoms with Crippen LogP contribution in [0.2, 0.25) is 0 Å². The lowest BCUT2D eigenvalue weighted by atomic mass is 9.92. The van der Waals surface area contributed by atoms with Crippen LogP contribution in [-0.2, 0) is 34.6 Å². The number of pyridine rings is 1. The average molecular weight is 765 g/mol. The number of carbonyl (C=O) groups is 4. The number of nitrogens with one attached hydrogen (secondary N) is 2. The Labute approximate surface area is 314 Å². The molecule has 0 saturated carbocycles. The molecule has 2 unspecified atom stereocenters. The number of fused-ring (bicyclic) bond motifs is 2. The second kappa shape index (κ2) is 16.4. The molecule has 4 aliphatic rings. The highest BCUT2D eigenvalue weighted by atomic mass is 32.1. The van der Waals surface area contributed by atoms with E-state index in [4.69, 9.17) is 9.47 Å². The SMILES string of the molecule is CCCOC(=O)[C@H](C)NP(=O)(Cc1ccc2sc(C(=O)NC3CCC[C@H]4CC[C@@H](C(=O)N5CC(c6cccnc6)C5)N4C3=O)cc2c1)N1CCOCC1. The molecule has 3 amide bonds. The smallest absolute Gasteiger partial charge is 0.323 e. The highest BCUT2D eigenvalue weighted by Crippen LogP contribution is 2.50. The minimum atomic E-state index is -3.27. The van der Waals surface area contributed by atoms with Crippen LogP contribution in [0.1, 0.15) is 79.1 Å². The van der Waals surface area contributed by atoms with E-state index in [2.05, 4.69) is 15.4 Å². The monoisotopic (exact) mass is 764 g/mol. The van der Waals surface area contributed by atoms with Crippen molar-refractivity contribution < 1.29 is 33.2 Å². The van der Waals surface area contributed by atoms with Crippen molar-refractivity contribution in [3.05, 3.63) is 64.8 Å². The third kappa shape index (κ3) is 8.22. The van der Waals surface area contributed by atoms with Gasteiger partial charge in [-0.1, -0.05) is 19.1 Å². The molecule has 53 heavy (non-hydrogen) atoms. The molecule has 0 spiro atoms. The van der Waals surface area contributed by atoms with E-state index in [-0.39, 0.29) is 35.8 Å². The topological polar surface area (TPSA) is 150 Å². The standard InChI is InChI=1S/C38H49N6O7PS/c1-3-16-51-38(48)25(2)41-52(49,43-14-17-50-18-15-43)24-26-9-12-33-28(19-26)20-34(53-33)35(45)40-31-8-4-7-30-10-11-32(44(30)36(31)46)37(47)42-22-29(23-42)27-6-5-13-39-21-27/h5-6,9,12-13,19-21,25,29-32H,3-4,7-8,10-11,14-18,22-24H2,1-2H3,(H,40,45)(H,41,49)/t25-,30-,31?,32-,52?/m0/s1. The number of likely N-dealkylation sites (tertiary alicyclic amines) is 1. The van der Waals surface area contributed by atoms with Crippen LogP contribution < -0.4 is 10.4 Å². The molecule has 4 saturated heterocycles. The molecule has 1 aromatic carbocycles. The van der Waals surface area contributed by atoms with Gasteiger partial charge >= 0.3 is 5.97 Å². The van der Waals surface area contributed by atoms with Crippen molar-refractivity contribution in [1.82, 2.24) is 29.9 Å². The Bertz CT molecular complexity index is 1860.